The van der Waals surface area contributed by atoms with Gasteiger partial charge in [-0.25, -0.2) is 8.78 Å². The summed E-state index contributed by atoms with van der Waals surface area (Å²) in [6.07, 6.45) is 0.264. The molecule has 0 aromatic carbocycles. The van der Waals surface area contributed by atoms with Crippen LogP contribution in [0.3, 0.4) is 0 Å². The van der Waals surface area contributed by atoms with Crippen LogP contribution in [0.5, 0.6) is 0 Å². The Morgan fingerprint density at radius 2 is 1.25 bits per heavy atom. The number of hydrogen-bond donors (Lipinski definition) is 2. The topological polar surface area (TPSA) is 58.2 Å². The highest BCUT2D eigenvalue weighted by Gasteiger charge is 2.43. The van der Waals surface area contributed by atoms with Gasteiger partial charge in [-0.1, -0.05) is 13.8 Å². The minimum absolute atomic E-state index is 0.0836. The van der Waals surface area contributed by atoms with Crippen LogP contribution in [0, 0.1) is 11.8 Å². The van der Waals surface area contributed by atoms with E-state index in [9.17, 15) is 18.4 Å². The summed E-state index contributed by atoms with van der Waals surface area (Å²) < 4.78 is 26.0. The minimum Gasteiger partial charge on any atom is -0.351 e. The lowest BCUT2D eigenvalue weighted by atomic mass is 9.76. The van der Waals surface area contributed by atoms with Crippen molar-refractivity contribution in [2.75, 3.05) is 0 Å². The molecule has 2 aliphatic rings. The van der Waals surface area contributed by atoms with Crippen LogP contribution in [0.2, 0.25) is 0 Å². The first-order chi connectivity index (χ1) is 11.0. The van der Waals surface area contributed by atoms with Crippen molar-refractivity contribution in [2.45, 2.75) is 89.6 Å². The van der Waals surface area contributed by atoms with Gasteiger partial charge in [-0.3, -0.25) is 9.59 Å². The maximum Gasteiger partial charge on any atom is 0.220 e. The summed E-state index contributed by atoms with van der Waals surface area (Å²) in [7, 11) is 0. The molecule has 6 heteroatoms. The summed E-state index contributed by atoms with van der Waals surface area (Å²) in [5.41, 5.74) is -0.897. The molecule has 0 aliphatic heterocycles. The van der Waals surface area contributed by atoms with Crippen LogP contribution in [0.1, 0.15) is 66.2 Å². The van der Waals surface area contributed by atoms with Crippen molar-refractivity contribution in [3.63, 3.8) is 0 Å². The fourth-order valence-electron chi connectivity index (χ4n) is 3.84. The summed E-state index contributed by atoms with van der Waals surface area (Å²) >= 11 is 0. The van der Waals surface area contributed by atoms with E-state index < -0.39 is 23.4 Å². The first-order valence-electron chi connectivity index (χ1n) is 8.90. The fraction of sp³-hybridized carbons (Fsp3) is 0.889. The summed E-state index contributed by atoms with van der Waals surface area (Å²) in [5, 5.41) is 5.80. The van der Waals surface area contributed by atoms with Crippen LogP contribution >= 0.6 is 0 Å². The zero-order chi connectivity index (χ0) is 18.1. The number of amides is 2. The van der Waals surface area contributed by atoms with E-state index in [0.717, 1.165) is 0 Å². The van der Waals surface area contributed by atoms with Crippen molar-refractivity contribution in [3.05, 3.63) is 0 Å². The zero-order valence-electron chi connectivity index (χ0n) is 15.1. The smallest absolute Gasteiger partial charge is 0.220 e. The van der Waals surface area contributed by atoms with Crippen molar-refractivity contribution in [1.82, 2.24) is 10.6 Å². The molecular formula is C18H30F2N2O2. The lowest BCUT2D eigenvalue weighted by Gasteiger charge is -2.42. The molecule has 0 aromatic heterocycles. The number of carbonyl (C=O) groups excluding carboxylic acids is 2. The number of rotatable bonds is 7. The molecule has 0 spiro atoms. The zero-order valence-corrected chi connectivity index (χ0v) is 15.1. The maximum atomic E-state index is 13.0. The number of carbonyl (C=O) groups is 2. The second-order valence-corrected chi connectivity index (χ2v) is 8.64. The van der Waals surface area contributed by atoms with Gasteiger partial charge in [-0.05, 0) is 25.7 Å². The van der Waals surface area contributed by atoms with Gasteiger partial charge in [-0.2, -0.15) is 0 Å². The SMILES string of the molecule is CC(C)C(CC(=O)NC1(C)CC(F)C1)CC(=O)NC1(C)CC(F)C1. The normalized spacial score (nSPS) is 36.5. The molecule has 0 saturated heterocycles. The van der Waals surface area contributed by atoms with Crippen molar-refractivity contribution < 1.29 is 18.4 Å². The molecule has 0 aromatic rings. The van der Waals surface area contributed by atoms with E-state index in [4.69, 9.17) is 0 Å². The Bertz CT molecular complexity index is 443. The van der Waals surface area contributed by atoms with Gasteiger partial charge in [0.25, 0.3) is 0 Å². The van der Waals surface area contributed by atoms with Gasteiger partial charge in [0, 0.05) is 49.6 Å². The Morgan fingerprint density at radius 3 is 1.50 bits per heavy atom. The Kier molecular flexibility index (Phi) is 5.55. The van der Waals surface area contributed by atoms with Crippen LogP contribution in [0.25, 0.3) is 0 Å². The fourth-order valence-corrected chi connectivity index (χ4v) is 3.84. The summed E-state index contributed by atoms with van der Waals surface area (Å²) in [4.78, 5) is 24.5. The highest BCUT2D eigenvalue weighted by molar-refractivity contribution is 5.80. The molecule has 24 heavy (non-hydrogen) atoms. The molecule has 4 nitrogen and oxygen atoms in total. The van der Waals surface area contributed by atoms with Crippen LogP contribution < -0.4 is 10.6 Å². The van der Waals surface area contributed by atoms with Crippen molar-refractivity contribution in [2.24, 2.45) is 11.8 Å². The van der Waals surface area contributed by atoms with Gasteiger partial charge >= 0.3 is 0 Å². The molecule has 138 valence electrons. The minimum atomic E-state index is -0.829. The molecule has 2 rings (SSSR count). The predicted molar refractivity (Wildman–Crippen MR) is 88.9 cm³/mol. The number of nitrogens with one attached hydrogen (secondary N) is 2. The summed E-state index contributed by atoms with van der Waals surface area (Å²) in [6.45, 7) is 7.67. The molecule has 0 radical (unpaired) electrons. The molecule has 2 saturated carbocycles. The van der Waals surface area contributed by atoms with E-state index in [2.05, 4.69) is 10.6 Å². The summed E-state index contributed by atoms with van der Waals surface area (Å²) in [6, 6.07) is 0. The summed E-state index contributed by atoms with van der Waals surface area (Å²) in [5.74, 6) is -0.170. The van der Waals surface area contributed by atoms with E-state index in [0.29, 0.717) is 25.7 Å². The average molecular weight is 344 g/mol. The second kappa shape index (κ2) is 6.96. The molecule has 2 aliphatic carbocycles. The van der Waals surface area contributed by atoms with Gasteiger partial charge in [0.1, 0.15) is 12.3 Å². The van der Waals surface area contributed by atoms with E-state index in [1.807, 2.05) is 27.7 Å². The first kappa shape index (κ1) is 19.1. The van der Waals surface area contributed by atoms with E-state index >= 15 is 0 Å². The van der Waals surface area contributed by atoms with E-state index in [1.54, 1.807) is 0 Å². The molecule has 0 unspecified atom stereocenters. The van der Waals surface area contributed by atoms with Crippen LogP contribution in [0.15, 0.2) is 0 Å². The maximum absolute atomic E-state index is 13.0. The van der Waals surface area contributed by atoms with Crippen LogP contribution in [-0.2, 0) is 9.59 Å². The lowest BCUT2D eigenvalue weighted by Crippen LogP contribution is -2.57. The number of halogens is 2. The van der Waals surface area contributed by atoms with E-state index in [-0.39, 0.29) is 36.5 Å². The van der Waals surface area contributed by atoms with Gasteiger partial charge in [0.2, 0.25) is 11.8 Å². The highest BCUT2D eigenvalue weighted by Crippen LogP contribution is 2.35. The highest BCUT2D eigenvalue weighted by atomic mass is 19.1. The standard InChI is InChI=1S/C18H30F2N2O2/c1-11(2)12(5-15(23)21-17(3)7-13(19)8-17)6-16(24)22-18(4)9-14(20)10-18/h11-14H,5-10H2,1-4H3,(H,21,23)(H,22,24). The van der Waals surface area contributed by atoms with Gasteiger partial charge in [0.05, 0.1) is 0 Å². The second-order valence-electron chi connectivity index (χ2n) is 8.64. The van der Waals surface area contributed by atoms with Crippen molar-refractivity contribution >= 4 is 11.8 Å². The Morgan fingerprint density at radius 1 is 0.917 bits per heavy atom. The molecule has 0 bridgehead atoms. The van der Waals surface area contributed by atoms with Crippen LogP contribution in [-0.4, -0.2) is 35.2 Å². The number of alkyl halides is 2. The van der Waals surface area contributed by atoms with Gasteiger partial charge in [-0.15, -0.1) is 0 Å². The number of hydrogen-bond acceptors (Lipinski definition) is 2. The molecule has 0 atom stereocenters. The third-order valence-corrected chi connectivity index (χ3v) is 5.41. The average Bonchev–Trinajstić information content (AvgIpc) is 2.33. The molecule has 2 fully saturated rings. The molecule has 2 amide bonds. The molecule has 0 heterocycles. The van der Waals surface area contributed by atoms with Crippen molar-refractivity contribution in [3.8, 4) is 0 Å². The van der Waals surface area contributed by atoms with Crippen LogP contribution in [0.4, 0.5) is 8.78 Å². The monoisotopic (exact) mass is 344 g/mol. The Hall–Kier alpha value is -1.20. The van der Waals surface area contributed by atoms with Gasteiger partial charge in [0.15, 0.2) is 0 Å². The molecular weight excluding hydrogens is 314 g/mol. The first-order valence-corrected chi connectivity index (χ1v) is 8.90. The third-order valence-electron chi connectivity index (χ3n) is 5.41. The Balaban J connectivity index is 1.81. The molecule has 2 N–H and O–H groups in total. The Labute approximate surface area is 143 Å². The van der Waals surface area contributed by atoms with Gasteiger partial charge < -0.3 is 10.6 Å². The predicted octanol–water partition coefficient (Wildman–Crippen LogP) is 3.05. The third kappa shape index (κ3) is 4.90. The largest absolute Gasteiger partial charge is 0.351 e. The van der Waals surface area contributed by atoms with Crippen molar-refractivity contribution in [1.29, 1.82) is 0 Å². The lowest BCUT2D eigenvalue weighted by molar-refractivity contribution is -0.128. The quantitative estimate of drug-likeness (QED) is 0.746. The van der Waals surface area contributed by atoms with E-state index in [1.165, 1.54) is 0 Å².